The van der Waals surface area contributed by atoms with Gasteiger partial charge in [0.2, 0.25) is 0 Å². The molecule has 0 saturated carbocycles. The van der Waals surface area contributed by atoms with Gasteiger partial charge in [0.1, 0.15) is 5.82 Å². The third kappa shape index (κ3) is 2.85. The van der Waals surface area contributed by atoms with Crippen molar-refractivity contribution in [2.24, 2.45) is 4.99 Å². The average molecular weight is 267 g/mol. The number of rotatable bonds is 3. The Balaban J connectivity index is 2.63. The third-order valence-corrected chi connectivity index (χ3v) is 3.35. The molecule has 0 aliphatic carbocycles. The fraction of sp³-hybridized carbons (Fsp3) is 0.167. The minimum absolute atomic E-state index is 0.227. The lowest BCUT2D eigenvalue weighted by Crippen LogP contribution is -1.90. The highest BCUT2D eigenvalue weighted by molar-refractivity contribution is 5.95. The first kappa shape index (κ1) is 14.2. The normalized spacial score (nSPS) is 11.5. The van der Waals surface area contributed by atoms with Gasteiger partial charge in [-0.15, -0.1) is 0 Å². The number of nitrogens with zero attached hydrogens (tertiary/aromatic N) is 1. The SMILES string of the molecule is C=CC(C)=Nc1c(C)ccc(-c2cccc(F)c2)c1C. The van der Waals surface area contributed by atoms with Crippen LogP contribution in [0.5, 0.6) is 0 Å². The Bertz CT molecular complexity index is 684. The molecule has 0 atom stereocenters. The van der Waals surface area contributed by atoms with Crippen LogP contribution in [0.1, 0.15) is 18.1 Å². The van der Waals surface area contributed by atoms with Crippen molar-refractivity contribution < 1.29 is 4.39 Å². The largest absolute Gasteiger partial charge is 0.253 e. The molecule has 0 radical (unpaired) electrons. The van der Waals surface area contributed by atoms with Crippen LogP contribution in [0.4, 0.5) is 10.1 Å². The standard InChI is InChI=1S/C18H18FN/c1-5-13(3)20-18-12(2)9-10-17(14(18)4)15-7-6-8-16(19)11-15/h5-11H,1H2,2-4H3. The van der Waals surface area contributed by atoms with Crippen LogP contribution >= 0.6 is 0 Å². The molecule has 0 unspecified atom stereocenters. The highest BCUT2D eigenvalue weighted by Gasteiger charge is 2.09. The van der Waals surface area contributed by atoms with Crippen molar-refractivity contribution in [3.8, 4) is 11.1 Å². The second kappa shape index (κ2) is 5.83. The van der Waals surface area contributed by atoms with Crippen molar-refractivity contribution in [1.82, 2.24) is 0 Å². The monoisotopic (exact) mass is 267 g/mol. The number of allylic oxidation sites excluding steroid dienone is 1. The smallest absolute Gasteiger partial charge is 0.123 e. The van der Waals surface area contributed by atoms with Crippen LogP contribution in [0.25, 0.3) is 11.1 Å². The molecule has 0 bridgehead atoms. The minimum atomic E-state index is -0.227. The van der Waals surface area contributed by atoms with E-state index < -0.39 is 0 Å². The molecule has 2 rings (SSSR count). The van der Waals surface area contributed by atoms with Gasteiger partial charge in [-0.25, -0.2) is 4.39 Å². The molecule has 2 aromatic rings. The highest BCUT2D eigenvalue weighted by Crippen LogP contribution is 2.33. The number of hydrogen-bond donors (Lipinski definition) is 0. The van der Waals surface area contributed by atoms with E-state index in [2.05, 4.69) is 11.6 Å². The maximum absolute atomic E-state index is 13.4. The summed E-state index contributed by atoms with van der Waals surface area (Å²) in [7, 11) is 0. The van der Waals surface area contributed by atoms with Crippen LogP contribution in [-0.4, -0.2) is 5.71 Å². The van der Waals surface area contributed by atoms with Gasteiger partial charge in [-0.1, -0.05) is 30.8 Å². The van der Waals surface area contributed by atoms with Crippen LogP contribution in [0.3, 0.4) is 0 Å². The Kier molecular flexibility index (Phi) is 4.14. The Morgan fingerprint density at radius 3 is 2.60 bits per heavy atom. The lowest BCUT2D eigenvalue weighted by Gasteiger charge is -2.12. The molecule has 20 heavy (non-hydrogen) atoms. The predicted octanol–water partition coefficient (Wildman–Crippen LogP) is 5.39. The van der Waals surface area contributed by atoms with Crippen molar-refractivity contribution in [1.29, 1.82) is 0 Å². The summed E-state index contributed by atoms with van der Waals surface area (Å²) in [6.45, 7) is 9.69. The predicted molar refractivity (Wildman–Crippen MR) is 84.3 cm³/mol. The van der Waals surface area contributed by atoms with Crippen LogP contribution < -0.4 is 0 Å². The summed E-state index contributed by atoms with van der Waals surface area (Å²) in [6.07, 6.45) is 1.73. The Labute approximate surface area is 119 Å². The quantitative estimate of drug-likeness (QED) is 0.661. The maximum Gasteiger partial charge on any atom is 0.123 e. The van der Waals surface area contributed by atoms with Crippen molar-refractivity contribution in [3.05, 3.63) is 66.0 Å². The number of benzene rings is 2. The summed E-state index contributed by atoms with van der Waals surface area (Å²) >= 11 is 0. The van der Waals surface area contributed by atoms with Crippen LogP contribution in [0.15, 0.2) is 54.0 Å². The molecule has 0 N–H and O–H groups in total. The van der Waals surface area contributed by atoms with Crippen molar-refractivity contribution in [2.75, 3.05) is 0 Å². The first-order chi connectivity index (χ1) is 9.52. The van der Waals surface area contributed by atoms with Gasteiger partial charge in [0, 0.05) is 5.71 Å². The van der Waals surface area contributed by atoms with E-state index in [1.165, 1.54) is 6.07 Å². The van der Waals surface area contributed by atoms with E-state index >= 15 is 0 Å². The molecule has 1 nitrogen and oxygen atoms in total. The lowest BCUT2D eigenvalue weighted by atomic mass is 9.96. The molecule has 0 aliphatic heterocycles. The van der Waals surface area contributed by atoms with Crippen molar-refractivity contribution in [3.63, 3.8) is 0 Å². The van der Waals surface area contributed by atoms with Crippen molar-refractivity contribution >= 4 is 11.4 Å². The molecule has 0 aliphatic rings. The zero-order valence-corrected chi connectivity index (χ0v) is 12.1. The number of aryl methyl sites for hydroxylation is 1. The van der Waals surface area contributed by atoms with E-state index in [0.29, 0.717) is 0 Å². The topological polar surface area (TPSA) is 12.4 Å². The molecular weight excluding hydrogens is 249 g/mol. The number of hydrogen-bond acceptors (Lipinski definition) is 1. The highest BCUT2D eigenvalue weighted by atomic mass is 19.1. The summed E-state index contributed by atoms with van der Waals surface area (Å²) in [5.74, 6) is -0.227. The number of aliphatic imine (C=N–C) groups is 1. The van der Waals surface area contributed by atoms with Crippen LogP contribution in [0.2, 0.25) is 0 Å². The zero-order valence-electron chi connectivity index (χ0n) is 12.1. The average Bonchev–Trinajstić information content (AvgIpc) is 2.43. The molecule has 0 heterocycles. The minimum Gasteiger partial charge on any atom is -0.253 e. The van der Waals surface area contributed by atoms with Crippen molar-refractivity contribution in [2.45, 2.75) is 20.8 Å². The second-order valence-electron chi connectivity index (χ2n) is 4.87. The van der Waals surface area contributed by atoms with Gasteiger partial charge in [0.15, 0.2) is 0 Å². The molecular formula is C18H18FN. The van der Waals surface area contributed by atoms with E-state index in [4.69, 9.17) is 0 Å². The van der Waals surface area contributed by atoms with Crippen LogP contribution in [-0.2, 0) is 0 Å². The molecule has 102 valence electrons. The first-order valence-corrected chi connectivity index (χ1v) is 6.57. The van der Waals surface area contributed by atoms with E-state index in [1.807, 2.05) is 39.0 Å². The van der Waals surface area contributed by atoms with Gasteiger partial charge in [0.05, 0.1) is 5.69 Å². The van der Waals surface area contributed by atoms with E-state index in [-0.39, 0.29) is 5.82 Å². The van der Waals surface area contributed by atoms with Gasteiger partial charge < -0.3 is 0 Å². The molecule has 0 amide bonds. The van der Waals surface area contributed by atoms with Gasteiger partial charge in [0.25, 0.3) is 0 Å². The molecule has 2 aromatic carbocycles. The van der Waals surface area contributed by atoms with Gasteiger partial charge >= 0.3 is 0 Å². The summed E-state index contributed by atoms with van der Waals surface area (Å²) < 4.78 is 13.4. The molecule has 0 fully saturated rings. The Hall–Kier alpha value is -2.22. The molecule has 0 spiro atoms. The summed E-state index contributed by atoms with van der Waals surface area (Å²) in [6, 6.07) is 10.7. The maximum atomic E-state index is 13.4. The molecule has 0 saturated heterocycles. The molecule has 2 heteroatoms. The zero-order chi connectivity index (χ0) is 14.7. The molecule has 0 aromatic heterocycles. The van der Waals surface area contributed by atoms with E-state index in [1.54, 1.807) is 18.2 Å². The third-order valence-electron chi connectivity index (χ3n) is 3.35. The summed E-state index contributed by atoms with van der Waals surface area (Å²) in [4.78, 5) is 4.59. The van der Waals surface area contributed by atoms with Gasteiger partial charge in [-0.3, -0.25) is 4.99 Å². The first-order valence-electron chi connectivity index (χ1n) is 6.57. The lowest BCUT2D eigenvalue weighted by molar-refractivity contribution is 0.628. The Morgan fingerprint density at radius 2 is 1.95 bits per heavy atom. The van der Waals surface area contributed by atoms with Gasteiger partial charge in [-0.2, -0.15) is 0 Å². The van der Waals surface area contributed by atoms with Gasteiger partial charge in [-0.05, 0) is 61.2 Å². The second-order valence-corrected chi connectivity index (χ2v) is 4.87. The Morgan fingerprint density at radius 1 is 1.20 bits per heavy atom. The van der Waals surface area contributed by atoms with E-state index in [9.17, 15) is 4.39 Å². The summed E-state index contributed by atoms with van der Waals surface area (Å²) in [5, 5.41) is 0. The van der Waals surface area contributed by atoms with E-state index in [0.717, 1.165) is 33.7 Å². The van der Waals surface area contributed by atoms with Crippen LogP contribution in [0, 0.1) is 19.7 Å². The summed E-state index contributed by atoms with van der Waals surface area (Å²) in [5.41, 5.74) is 5.83. The fourth-order valence-corrected chi connectivity index (χ4v) is 2.20. The fourth-order valence-electron chi connectivity index (χ4n) is 2.20. The number of halogens is 1.